The molecule has 160 valence electrons. The Kier molecular flexibility index (Phi) is 6.51. The highest BCUT2D eigenvalue weighted by atomic mass is 35.5. The first-order valence-electron chi connectivity index (χ1n) is 9.74. The van der Waals surface area contributed by atoms with Crippen LogP contribution in [0, 0.1) is 0 Å². The van der Waals surface area contributed by atoms with Crippen LogP contribution >= 0.6 is 34.5 Å². The van der Waals surface area contributed by atoms with Crippen LogP contribution in [-0.2, 0) is 11.2 Å². The van der Waals surface area contributed by atoms with E-state index in [9.17, 15) is 9.59 Å². The molecule has 1 aliphatic heterocycles. The van der Waals surface area contributed by atoms with Gasteiger partial charge in [0.05, 0.1) is 12.3 Å². The maximum Gasteiger partial charge on any atom is 0.290 e. The van der Waals surface area contributed by atoms with Gasteiger partial charge in [0, 0.05) is 28.0 Å². The summed E-state index contributed by atoms with van der Waals surface area (Å²) in [5.74, 6) is -0.340. The van der Waals surface area contributed by atoms with E-state index < -0.39 is 0 Å². The molecule has 2 amide bonds. The number of hydrogen-bond donors (Lipinski definition) is 0. The lowest BCUT2D eigenvalue weighted by molar-refractivity contribution is -0.133. The van der Waals surface area contributed by atoms with Crippen molar-refractivity contribution in [1.29, 1.82) is 0 Å². The summed E-state index contributed by atoms with van der Waals surface area (Å²) in [6.07, 6.45) is 3.78. The molecule has 0 saturated heterocycles. The Balaban J connectivity index is 1.65. The number of carbonyl (C=O) groups excluding carboxylic acids is 2. The number of furan rings is 1. The fraction of sp³-hybridized carbons (Fsp3) is 0.217. The maximum atomic E-state index is 13.5. The highest BCUT2D eigenvalue weighted by Gasteiger charge is 2.35. The Morgan fingerprint density at radius 3 is 2.81 bits per heavy atom. The standard InChI is InChI=1S/C23H20Cl2N2O3S/c1-2-9-26(23(29)19-4-3-11-30-19)14-21(28)27-10-7-20-17(8-12-31-20)22(27)16-6-5-15(24)13-18(16)25/h2-6,8,11-13,22H,1,7,9-10,14H2. The SMILES string of the molecule is C=CCN(CC(=O)N1CCc2sccc2C1c1ccc(Cl)cc1Cl)C(=O)c1ccco1. The van der Waals surface area contributed by atoms with Gasteiger partial charge < -0.3 is 14.2 Å². The molecular formula is C23H20Cl2N2O3S. The van der Waals surface area contributed by atoms with E-state index in [1.54, 1.807) is 46.6 Å². The largest absolute Gasteiger partial charge is 0.459 e. The monoisotopic (exact) mass is 474 g/mol. The van der Waals surface area contributed by atoms with Crippen molar-refractivity contribution in [3.8, 4) is 0 Å². The van der Waals surface area contributed by atoms with Gasteiger partial charge in [-0.1, -0.05) is 35.3 Å². The molecule has 2 aromatic heterocycles. The molecule has 3 heterocycles. The number of benzene rings is 1. The number of amides is 2. The molecule has 1 aliphatic rings. The van der Waals surface area contributed by atoms with Gasteiger partial charge in [-0.25, -0.2) is 0 Å². The average Bonchev–Trinajstić information content (AvgIpc) is 3.44. The molecular weight excluding hydrogens is 455 g/mol. The summed E-state index contributed by atoms with van der Waals surface area (Å²) in [6, 6.07) is 10.2. The summed E-state index contributed by atoms with van der Waals surface area (Å²) < 4.78 is 5.22. The summed E-state index contributed by atoms with van der Waals surface area (Å²) in [5, 5.41) is 3.07. The highest BCUT2D eigenvalue weighted by molar-refractivity contribution is 7.10. The molecule has 1 aromatic carbocycles. The van der Waals surface area contributed by atoms with Gasteiger partial charge in [-0.3, -0.25) is 9.59 Å². The zero-order valence-electron chi connectivity index (χ0n) is 16.6. The van der Waals surface area contributed by atoms with E-state index in [0.717, 1.165) is 17.5 Å². The molecule has 3 aromatic rings. The smallest absolute Gasteiger partial charge is 0.290 e. The summed E-state index contributed by atoms with van der Waals surface area (Å²) >= 11 is 14.3. The number of halogens is 2. The molecule has 0 aliphatic carbocycles. The van der Waals surface area contributed by atoms with Crippen LogP contribution < -0.4 is 0 Å². The predicted octanol–water partition coefficient (Wildman–Crippen LogP) is 5.45. The Morgan fingerprint density at radius 2 is 2.10 bits per heavy atom. The van der Waals surface area contributed by atoms with E-state index >= 15 is 0 Å². The van der Waals surface area contributed by atoms with E-state index in [1.807, 2.05) is 17.5 Å². The molecule has 1 unspecified atom stereocenters. The van der Waals surface area contributed by atoms with Gasteiger partial charge in [0.2, 0.25) is 5.91 Å². The van der Waals surface area contributed by atoms with Gasteiger partial charge >= 0.3 is 0 Å². The van der Waals surface area contributed by atoms with E-state index in [2.05, 4.69) is 6.58 Å². The normalized spacial score (nSPS) is 15.4. The predicted molar refractivity (Wildman–Crippen MR) is 123 cm³/mol. The zero-order valence-corrected chi connectivity index (χ0v) is 18.9. The van der Waals surface area contributed by atoms with Crippen LogP contribution in [0.3, 0.4) is 0 Å². The molecule has 0 radical (unpaired) electrons. The summed E-state index contributed by atoms with van der Waals surface area (Å²) in [4.78, 5) is 30.7. The second-order valence-electron chi connectivity index (χ2n) is 7.16. The van der Waals surface area contributed by atoms with E-state index in [1.165, 1.54) is 16.0 Å². The third-order valence-corrected chi connectivity index (χ3v) is 6.80. The molecule has 0 fully saturated rings. The van der Waals surface area contributed by atoms with Crippen molar-refractivity contribution >= 4 is 46.4 Å². The van der Waals surface area contributed by atoms with Gasteiger partial charge in [-0.15, -0.1) is 17.9 Å². The Labute approximate surface area is 194 Å². The molecule has 1 atom stereocenters. The van der Waals surface area contributed by atoms with Crippen LogP contribution in [0.15, 0.2) is 65.1 Å². The lowest BCUT2D eigenvalue weighted by atomic mass is 9.93. The van der Waals surface area contributed by atoms with Crippen LogP contribution in [0.25, 0.3) is 0 Å². The van der Waals surface area contributed by atoms with E-state index in [-0.39, 0.29) is 36.7 Å². The summed E-state index contributed by atoms with van der Waals surface area (Å²) in [7, 11) is 0. The van der Waals surface area contributed by atoms with Crippen molar-refractivity contribution in [1.82, 2.24) is 9.80 Å². The first kappa shape index (κ1) is 21.7. The van der Waals surface area contributed by atoms with E-state index in [0.29, 0.717) is 16.6 Å². The Hall–Kier alpha value is -2.54. The molecule has 0 saturated carbocycles. The van der Waals surface area contributed by atoms with Crippen LogP contribution in [0.4, 0.5) is 0 Å². The molecule has 4 rings (SSSR count). The van der Waals surface area contributed by atoms with Crippen molar-refractivity contribution in [2.45, 2.75) is 12.5 Å². The highest BCUT2D eigenvalue weighted by Crippen LogP contribution is 2.41. The third-order valence-electron chi connectivity index (χ3n) is 5.24. The number of hydrogen-bond acceptors (Lipinski definition) is 4. The minimum atomic E-state index is -0.354. The molecule has 0 bridgehead atoms. The average molecular weight is 475 g/mol. The summed E-state index contributed by atoms with van der Waals surface area (Å²) in [5.41, 5.74) is 1.87. The molecule has 8 heteroatoms. The van der Waals surface area contributed by atoms with Gasteiger partial charge in [0.1, 0.15) is 6.54 Å². The summed E-state index contributed by atoms with van der Waals surface area (Å²) in [6.45, 7) is 4.39. The lowest BCUT2D eigenvalue weighted by Gasteiger charge is -2.37. The number of rotatable bonds is 6. The zero-order chi connectivity index (χ0) is 22.0. The fourth-order valence-electron chi connectivity index (χ4n) is 3.83. The third kappa shape index (κ3) is 4.42. The van der Waals surface area contributed by atoms with Gasteiger partial charge in [0.15, 0.2) is 5.76 Å². The van der Waals surface area contributed by atoms with Crippen LogP contribution in [0.5, 0.6) is 0 Å². The Bertz CT molecular complexity index is 1110. The molecule has 5 nitrogen and oxygen atoms in total. The minimum absolute atomic E-state index is 0.0905. The van der Waals surface area contributed by atoms with Crippen molar-refractivity contribution < 1.29 is 14.0 Å². The van der Waals surface area contributed by atoms with Crippen molar-refractivity contribution in [2.24, 2.45) is 0 Å². The second-order valence-corrected chi connectivity index (χ2v) is 9.00. The van der Waals surface area contributed by atoms with Gasteiger partial charge in [-0.2, -0.15) is 0 Å². The van der Waals surface area contributed by atoms with Gasteiger partial charge in [0.25, 0.3) is 5.91 Å². The van der Waals surface area contributed by atoms with Gasteiger partial charge in [-0.05, 0) is 53.3 Å². The number of fused-ring (bicyclic) bond motifs is 1. The van der Waals surface area contributed by atoms with Crippen molar-refractivity contribution in [3.05, 3.63) is 92.5 Å². The topological polar surface area (TPSA) is 53.8 Å². The fourth-order valence-corrected chi connectivity index (χ4v) is 5.24. The number of thiophene rings is 1. The number of nitrogens with zero attached hydrogens (tertiary/aromatic N) is 2. The molecule has 0 spiro atoms. The van der Waals surface area contributed by atoms with Crippen LogP contribution in [0.2, 0.25) is 10.0 Å². The first-order chi connectivity index (χ1) is 15.0. The van der Waals surface area contributed by atoms with Crippen LogP contribution in [0.1, 0.15) is 32.6 Å². The quantitative estimate of drug-likeness (QED) is 0.446. The maximum absolute atomic E-state index is 13.5. The molecule has 0 N–H and O–H groups in total. The second kappa shape index (κ2) is 9.30. The first-order valence-corrected chi connectivity index (χ1v) is 11.4. The minimum Gasteiger partial charge on any atom is -0.459 e. The number of carbonyl (C=O) groups is 2. The van der Waals surface area contributed by atoms with Crippen molar-refractivity contribution in [2.75, 3.05) is 19.6 Å². The molecule has 31 heavy (non-hydrogen) atoms. The van der Waals surface area contributed by atoms with Crippen LogP contribution in [-0.4, -0.2) is 41.2 Å². The lowest BCUT2D eigenvalue weighted by Crippen LogP contribution is -2.46. The Morgan fingerprint density at radius 1 is 1.26 bits per heavy atom. The van der Waals surface area contributed by atoms with Crippen molar-refractivity contribution in [3.63, 3.8) is 0 Å². The van der Waals surface area contributed by atoms with E-state index in [4.69, 9.17) is 27.6 Å².